The van der Waals surface area contributed by atoms with E-state index in [9.17, 15) is 0 Å². The molecule has 1 N–H and O–H groups in total. The van der Waals surface area contributed by atoms with Crippen LogP contribution in [0.25, 0.3) is 0 Å². The number of benzene rings is 1. The predicted molar refractivity (Wildman–Crippen MR) is 67.7 cm³/mol. The first-order valence-electron chi connectivity index (χ1n) is 6.66. The molecular weight excluding hydrogens is 194 g/mol. The van der Waals surface area contributed by atoms with Gasteiger partial charge in [0, 0.05) is 12.6 Å². The van der Waals surface area contributed by atoms with Crippen molar-refractivity contribution in [3.8, 4) is 0 Å². The summed E-state index contributed by atoms with van der Waals surface area (Å²) in [6, 6.07) is 9.82. The zero-order chi connectivity index (χ0) is 11.0. The van der Waals surface area contributed by atoms with E-state index in [0.29, 0.717) is 0 Å². The standard InChI is InChI=1S/C15H21N/c1-11-9-15(11)16-10-13-7-4-6-12-5-2-3-8-14(12)13/h2-3,5,8,11,13,15-16H,4,6-7,9-10H2,1H3. The van der Waals surface area contributed by atoms with Crippen LogP contribution in [0.4, 0.5) is 0 Å². The Morgan fingerprint density at radius 3 is 2.94 bits per heavy atom. The second-order valence-electron chi connectivity index (χ2n) is 5.52. The summed E-state index contributed by atoms with van der Waals surface area (Å²) in [5, 5.41) is 3.72. The molecule has 3 atom stereocenters. The van der Waals surface area contributed by atoms with Gasteiger partial charge < -0.3 is 5.32 Å². The summed E-state index contributed by atoms with van der Waals surface area (Å²) in [6.07, 6.45) is 5.40. The Morgan fingerprint density at radius 1 is 1.31 bits per heavy atom. The molecule has 3 unspecified atom stereocenters. The Hall–Kier alpha value is -0.820. The summed E-state index contributed by atoms with van der Waals surface area (Å²) in [4.78, 5) is 0. The van der Waals surface area contributed by atoms with E-state index in [4.69, 9.17) is 0 Å². The minimum absolute atomic E-state index is 0.762. The van der Waals surface area contributed by atoms with Crippen molar-refractivity contribution in [3.63, 3.8) is 0 Å². The maximum absolute atomic E-state index is 3.72. The molecule has 0 bridgehead atoms. The highest BCUT2D eigenvalue weighted by molar-refractivity contribution is 5.32. The summed E-state index contributed by atoms with van der Waals surface area (Å²) in [6.45, 7) is 3.53. The molecule has 1 aromatic carbocycles. The number of nitrogens with one attached hydrogen (secondary N) is 1. The fourth-order valence-corrected chi connectivity index (χ4v) is 2.97. The van der Waals surface area contributed by atoms with E-state index in [1.54, 1.807) is 11.1 Å². The summed E-state index contributed by atoms with van der Waals surface area (Å²) in [5.41, 5.74) is 3.19. The van der Waals surface area contributed by atoms with Crippen LogP contribution in [0, 0.1) is 5.92 Å². The first kappa shape index (κ1) is 10.3. The third kappa shape index (κ3) is 2.01. The van der Waals surface area contributed by atoms with Crippen molar-refractivity contribution in [3.05, 3.63) is 35.4 Å². The lowest BCUT2D eigenvalue weighted by Gasteiger charge is -2.25. The van der Waals surface area contributed by atoms with Gasteiger partial charge in [-0.1, -0.05) is 31.2 Å². The van der Waals surface area contributed by atoms with Gasteiger partial charge in [-0.3, -0.25) is 0 Å². The van der Waals surface area contributed by atoms with Crippen molar-refractivity contribution in [2.24, 2.45) is 5.92 Å². The Labute approximate surface area is 98.3 Å². The second-order valence-corrected chi connectivity index (χ2v) is 5.52. The van der Waals surface area contributed by atoms with Crippen molar-refractivity contribution >= 4 is 0 Å². The quantitative estimate of drug-likeness (QED) is 0.817. The van der Waals surface area contributed by atoms with Crippen molar-refractivity contribution < 1.29 is 0 Å². The van der Waals surface area contributed by atoms with E-state index in [1.165, 1.54) is 32.2 Å². The van der Waals surface area contributed by atoms with Crippen LogP contribution < -0.4 is 5.32 Å². The molecule has 0 amide bonds. The first-order chi connectivity index (χ1) is 7.84. The highest BCUT2D eigenvalue weighted by Gasteiger charge is 2.32. The molecule has 1 aromatic rings. The highest BCUT2D eigenvalue weighted by Crippen LogP contribution is 2.33. The number of hydrogen-bond acceptors (Lipinski definition) is 1. The van der Waals surface area contributed by atoms with Crippen LogP contribution in [-0.2, 0) is 6.42 Å². The largest absolute Gasteiger partial charge is 0.313 e. The van der Waals surface area contributed by atoms with Crippen LogP contribution in [0.15, 0.2) is 24.3 Å². The average molecular weight is 215 g/mol. The predicted octanol–water partition coefficient (Wildman–Crippen LogP) is 3.10. The summed E-state index contributed by atoms with van der Waals surface area (Å²) in [5.74, 6) is 1.68. The van der Waals surface area contributed by atoms with Gasteiger partial charge in [0.1, 0.15) is 0 Å². The molecule has 0 radical (unpaired) electrons. The lowest BCUT2D eigenvalue weighted by atomic mass is 9.83. The van der Waals surface area contributed by atoms with Gasteiger partial charge in [0.2, 0.25) is 0 Å². The third-order valence-corrected chi connectivity index (χ3v) is 4.23. The highest BCUT2D eigenvalue weighted by atomic mass is 15.0. The van der Waals surface area contributed by atoms with Crippen LogP contribution in [0.5, 0.6) is 0 Å². The monoisotopic (exact) mass is 215 g/mol. The molecule has 1 fully saturated rings. The van der Waals surface area contributed by atoms with Gasteiger partial charge in [-0.2, -0.15) is 0 Å². The molecule has 1 nitrogen and oxygen atoms in total. The van der Waals surface area contributed by atoms with Crippen molar-refractivity contribution in [1.29, 1.82) is 0 Å². The van der Waals surface area contributed by atoms with Gasteiger partial charge in [-0.05, 0) is 48.6 Å². The molecular formula is C15H21N. The maximum atomic E-state index is 3.72. The Kier molecular flexibility index (Phi) is 2.72. The van der Waals surface area contributed by atoms with E-state index >= 15 is 0 Å². The smallest absolute Gasteiger partial charge is 0.00966 e. The maximum Gasteiger partial charge on any atom is 0.00966 e. The Balaban J connectivity index is 1.67. The van der Waals surface area contributed by atoms with Gasteiger partial charge in [0.25, 0.3) is 0 Å². The van der Waals surface area contributed by atoms with Crippen molar-refractivity contribution in [1.82, 2.24) is 5.32 Å². The van der Waals surface area contributed by atoms with E-state index < -0.39 is 0 Å². The first-order valence-corrected chi connectivity index (χ1v) is 6.66. The normalized spacial score (nSPS) is 32.2. The van der Waals surface area contributed by atoms with Crippen LogP contribution >= 0.6 is 0 Å². The molecule has 2 aliphatic carbocycles. The SMILES string of the molecule is CC1CC1NCC1CCCc2ccccc21. The van der Waals surface area contributed by atoms with Gasteiger partial charge in [0.15, 0.2) is 0 Å². The number of fused-ring (bicyclic) bond motifs is 1. The van der Waals surface area contributed by atoms with E-state index in [1.807, 2.05) is 0 Å². The van der Waals surface area contributed by atoms with Gasteiger partial charge in [0.05, 0.1) is 0 Å². The number of aryl methyl sites for hydroxylation is 1. The molecule has 0 spiro atoms. The summed E-state index contributed by atoms with van der Waals surface area (Å²) >= 11 is 0. The molecule has 2 aliphatic rings. The fraction of sp³-hybridized carbons (Fsp3) is 0.600. The summed E-state index contributed by atoms with van der Waals surface area (Å²) in [7, 11) is 0. The fourth-order valence-electron chi connectivity index (χ4n) is 2.97. The Morgan fingerprint density at radius 2 is 2.12 bits per heavy atom. The molecule has 0 aliphatic heterocycles. The molecule has 1 saturated carbocycles. The van der Waals surface area contributed by atoms with Crippen LogP contribution in [0.3, 0.4) is 0 Å². The molecule has 16 heavy (non-hydrogen) atoms. The molecule has 0 saturated heterocycles. The number of hydrogen-bond donors (Lipinski definition) is 1. The molecule has 0 aromatic heterocycles. The van der Waals surface area contributed by atoms with Crippen molar-refractivity contribution in [2.45, 2.75) is 44.6 Å². The molecule has 1 heteroatoms. The molecule has 0 heterocycles. The zero-order valence-corrected chi connectivity index (χ0v) is 10.1. The third-order valence-electron chi connectivity index (χ3n) is 4.23. The lowest BCUT2D eigenvalue weighted by molar-refractivity contribution is 0.499. The average Bonchev–Trinajstić information content (AvgIpc) is 3.03. The lowest BCUT2D eigenvalue weighted by Crippen LogP contribution is -2.26. The van der Waals surface area contributed by atoms with E-state index in [0.717, 1.165) is 17.9 Å². The van der Waals surface area contributed by atoms with Gasteiger partial charge in [-0.15, -0.1) is 0 Å². The second kappa shape index (κ2) is 4.21. The van der Waals surface area contributed by atoms with Gasteiger partial charge >= 0.3 is 0 Å². The van der Waals surface area contributed by atoms with Crippen LogP contribution in [-0.4, -0.2) is 12.6 Å². The topological polar surface area (TPSA) is 12.0 Å². The zero-order valence-electron chi connectivity index (χ0n) is 10.1. The molecule has 86 valence electrons. The number of rotatable bonds is 3. The Bertz CT molecular complexity index is 371. The molecule has 3 rings (SSSR count). The van der Waals surface area contributed by atoms with Crippen LogP contribution in [0.1, 0.15) is 43.2 Å². The van der Waals surface area contributed by atoms with E-state index in [2.05, 4.69) is 36.5 Å². The van der Waals surface area contributed by atoms with Crippen LogP contribution in [0.2, 0.25) is 0 Å². The summed E-state index contributed by atoms with van der Waals surface area (Å²) < 4.78 is 0. The van der Waals surface area contributed by atoms with Crippen molar-refractivity contribution in [2.75, 3.05) is 6.54 Å². The minimum atomic E-state index is 0.762. The van der Waals surface area contributed by atoms with Gasteiger partial charge in [-0.25, -0.2) is 0 Å². The minimum Gasteiger partial charge on any atom is -0.313 e. The van der Waals surface area contributed by atoms with E-state index in [-0.39, 0.29) is 0 Å².